The highest BCUT2D eigenvalue weighted by molar-refractivity contribution is 9.09. The van der Waals surface area contributed by atoms with Gasteiger partial charge in [-0.2, -0.15) is 9.46 Å². The number of aryl methyl sites for hydroxylation is 2. The first-order valence-corrected chi connectivity index (χ1v) is 14.9. The van der Waals surface area contributed by atoms with Gasteiger partial charge >= 0.3 is 0 Å². The summed E-state index contributed by atoms with van der Waals surface area (Å²) < 4.78 is 19.3. The Kier molecular flexibility index (Phi) is 9.07. The van der Waals surface area contributed by atoms with Crippen LogP contribution in [0.4, 0.5) is 5.69 Å². The van der Waals surface area contributed by atoms with Gasteiger partial charge in [0.1, 0.15) is 5.69 Å². The Bertz CT molecular complexity index is 1700. The minimum atomic E-state index is -2.94. The summed E-state index contributed by atoms with van der Waals surface area (Å²) in [6, 6.07) is 19.3. The number of benzene rings is 2. The lowest BCUT2D eigenvalue weighted by atomic mass is 10.1. The Morgan fingerprint density at radius 1 is 1.03 bits per heavy atom. The van der Waals surface area contributed by atoms with Crippen molar-refractivity contribution in [3.8, 4) is 11.8 Å². The molecule has 0 radical (unpaired) electrons. The monoisotopic (exact) mass is 603 g/mol. The van der Waals surface area contributed by atoms with Crippen LogP contribution < -0.4 is 5.32 Å². The van der Waals surface area contributed by atoms with E-state index in [9.17, 15) is 13.8 Å². The van der Waals surface area contributed by atoms with Crippen molar-refractivity contribution in [2.75, 3.05) is 16.4 Å². The summed E-state index contributed by atoms with van der Waals surface area (Å²) in [6.07, 6.45) is 3.54. The average Bonchev–Trinajstić information content (AvgIpc) is 3.29. The van der Waals surface area contributed by atoms with Crippen molar-refractivity contribution in [1.82, 2.24) is 14.8 Å². The van der Waals surface area contributed by atoms with Crippen LogP contribution in [0.15, 0.2) is 88.4 Å². The number of pyridine rings is 1. The van der Waals surface area contributed by atoms with Crippen LogP contribution >= 0.6 is 15.9 Å². The number of rotatable bonds is 7. The Labute approximate surface area is 236 Å². The second-order valence-corrected chi connectivity index (χ2v) is 11.8. The van der Waals surface area contributed by atoms with Crippen molar-refractivity contribution in [3.05, 3.63) is 107 Å². The number of carbonyl (C=O) groups is 2. The molecule has 0 bridgehead atoms. The van der Waals surface area contributed by atoms with Crippen LogP contribution in [0, 0.1) is 18.8 Å². The first kappa shape index (κ1) is 28.0. The van der Waals surface area contributed by atoms with E-state index in [1.54, 1.807) is 67.8 Å². The van der Waals surface area contributed by atoms with Gasteiger partial charge in [-0.25, -0.2) is 4.21 Å². The van der Waals surface area contributed by atoms with E-state index in [1.807, 2.05) is 19.1 Å². The van der Waals surface area contributed by atoms with E-state index in [1.165, 1.54) is 10.9 Å². The molecule has 0 fully saturated rings. The van der Waals surface area contributed by atoms with Gasteiger partial charge in [0, 0.05) is 52.2 Å². The van der Waals surface area contributed by atoms with Gasteiger partial charge in [-0.1, -0.05) is 52.0 Å². The van der Waals surface area contributed by atoms with Crippen LogP contribution in [0.1, 0.15) is 44.1 Å². The van der Waals surface area contributed by atoms with Crippen molar-refractivity contribution in [3.63, 3.8) is 0 Å². The van der Waals surface area contributed by atoms with E-state index in [0.29, 0.717) is 39.2 Å². The molecule has 39 heavy (non-hydrogen) atoms. The summed E-state index contributed by atoms with van der Waals surface area (Å²) in [5.74, 6) is 5.41. The molecule has 2 heterocycles. The third kappa shape index (κ3) is 7.28. The van der Waals surface area contributed by atoms with Crippen LogP contribution in [-0.4, -0.2) is 41.9 Å². The van der Waals surface area contributed by atoms with Crippen molar-refractivity contribution in [2.24, 2.45) is 11.4 Å². The summed E-state index contributed by atoms with van der Waals surface area (Å²) in [5.41, 5.74) is 3.17. The Morgan fingerprint density at radius 3 is 2.51 bits per heavy atom. The fourth-order valence-corrected chi connectivity index (χ4v) is 6.32. The van der Waals surface area contributed by atoms with E-state index in [0.717, 1.165) is 5.69 Å². The number of aromatic nitrogens is 3. The number of nitrogens with zero attached hydrogens (tertiary/aromatic N) is 4. The SMILES string of the molecule is Cc1cc(C(=O)Nc2cccc(C#Cc3cncc(C(=O)N=[S@](=O)(CCCBr)c4ccccc4)c3)c2)n(C)n1. The molecule has 0 spiro atoms. The molecule has 0 unspecified atom stereocenters. The van der Waals surface area contributed by atoms with Crippen LogP contribution in [-0.2, 0) is 16.8 Å². The molecule has 0 saturated heterocycles. The molecule has 0 aliphatic rings. The molecule has 198 valence electrons. The molecule has 8 nitrogen and oxygen atoms in total. The van der Waals surface area contributed by atoms with Gasteiger partial charge in [0.25, 0.3) is 11.8 Å². The molecule has 2 aromatic carbocycles. The third-order valence-electron chi connectivity index (χ3n) is 5.59. The maximum Gasteiger partial charge on any atom is 0.286 e. The molecule has 0 aliphatic heterocycles. The van der Waals surface area contributed by atoms with Crippen LogP contribution in [0.25, 0.3) is 0 Å². The van der Waals surface area contributed by atoms with Gasteiger partial charge in [-0.05, 0) is 55.8 Å². The highest BCUT2D eigenvalue weighted by Gasteiger charge is 2.16. The molecule has 1 N–H and O–H groups in total. The number of carbonyl (C=O) groups excluding carboxylic acids is 2. The van der Waals surface area contributed by atoms with E-state index < -0.39 is 15.6 Å². The molecule has 2 aromatic heterocycles. The zero-order valence-electron chi connectivity index (χ0n) is 21.4. The van der Waals surface area contributed by atoms with Crippen LogP contribution in [0.3, 0.4) is 0 Å². The molecular weight excluding hydrogens is 578 g/mol. The van der Waals surface area contributed by atoms with Gasteiger partial charge in [-0.3, -0.25) is 19.3 Å². The number of alkyl halides is 1. The van der Waals surface area contributed by atoms with E-state index in [4.69, 9.17) is 0 Å². The van der Waals surface area contributed by atoms with Crippen molar-refractivity contribution >= 4 is 43.2 Å². The predicted molar refractivity (Wildman–Crippen MR) is 155 cm³/mol. The van der Waals surface area contributed by atoms with Crippen molar-refractivity contribution < 1.29 is 13.8 Å². The quantitative estimate of drug-likeness (QED) is 0.230. The average molecular weight is 605 g/mol. The first-order valence-electron chi connectivity index (χ1n) is 12.1. The number of hydrogen-bond acceptors (Lipinski definition) is 5. The summed E-state index contributed by atoms with van der Waals surface area (Å²) >= 11 is 3.36. The topological polar surface area (TPSA) is 106 Å². The van der Waals surface area contributed by atoms with E-state index in [-0.39, 0.29) is 17.2 Å². The Balaban J connectivity index is 1.54. The molecule has 0 saturated carbocycles. The Hall–Kier alpha value is -4.07. The minimum Gasteiger partial charge on any atom is -0.321 e. The number of anilines is 1. The zero-order valence-corrected chi connectivity index (χ0v) is 23.8. The molecule has 4 rings (SSSR count). The molecule has 4 aromatic rings. The molecule has 0 aliphatic carbocycles. The van der Waals surface area contributed by atoms with E-state index >= 15 is 0 Å². The number of amides is 2. The maximum absolute atomic E-state index is 13.7. The second-order valence-electron chi connectivity index (χ2n) is 8.64. The molecule has 2 amide bonds. The highest BCUT2D eigenvalue weighted by Crippen LogP contribution is 2.18. The number of halogens is 1. The van der Waals surface area contributed by atoms with Crippen LogP contribution in [0.2, 0.25) is 0 Å². The van der Waals surface area contributed by atoms with Gasteiger partial charge < -0.3 is 5.32 Å². The van der Waals surface area contributed by atoms with Gasteiger partial charge in [0.05, 0.1) is 21.0 Å². The van der Waals surface area contributed by atoms with E-state index in [2.05, 4.69) is 47.5 Å². The van der Waals surface area contributed by atoms with Gasteiger partial charge in [0.2, 0.25) is 0 Å². The zero-order chi connectivity index (χ0) is 27.8. The minimum absolute atomic E-state index is 0.205. The molecule has 10 heteroatoms. The predicted octanol–water partition coefficient (Wildman–Crippen LogP) is 5.23. The normalized spacial score (nSPS) is 12.1. The first-order chi connectivity index (χ1) is 18.8. The largest absolute Gasteiger partial charge is 0.321 e. The summed E-state index contributed by atoms with van der Waals surface area (Å²) in [5, 5.41) is 7.71. The maximum atomic E-state index is 13.7. The number of nitrogens with one attached hydrogen (secondary N) is 1. The fourth-order valence-electron chi connectivity index (χ4n) is 3.75. The van der Waals surface area contributed by atoms with Crippen molar-refractivity contribution in [1.29, 1.82) is 0 Å². The smallest absolute Gasteiger partial charge is 0.286 e. The standard InChI is InChI=1S/C29H26BrN5O3S/c1-21-16-27(35(2)33-21)29(37)32-25-9-6-8-22(18-25)12-13-23-17-24(20-31-19-23)28(36)34-39(38,15-7-14-30)26-10-4-3-5-11-26/h3-6,8-11,16-20H,7,14-15H2,1-2H3,(H,32,37)/t39-/m0/s1. The lowest BCUT2D eigenvalue weighted by Crippen LogP contribution is -2.16. The number of hydrogen-bond donors (Lipinski definition) is 1. The Morgan fingerprint density at radius 2 is 1.79 bits per heavy atom. The second kappa shape index (κ2) is 12.7. The molecule has 1 atom stereocenters. The lowest BCUT2D eigenvalue weighted by Gasteiger charge is -2.09. The summed E-state index contributed by atoms with van der Waals surface area (Å²) in [7, 11) is -1.22. The molecular formula is C29H26BrN5O3S. The third-order valence-corrected chi connectivity index (χ3v) is 8.46. The van der Waals surface area contributed by atoms with Crippen molar-refractivity contribution in [2.45, 2.75) is 18.2 Å². The van der Waals surface area contributed by atoms with Crippen LogP contribution in [0.5, 0.6) is 0 Å². The lowest BCUT2D eigenvalue weighted by molar-refractivity contribution is 0.0999. The summed E-state index contributed by atoms with van der Waals surface area (Å²) in [6.45, 7) is 1.82. The summed E-state index contributed by atoms with van der Waals surface area (Å²) in [4.78, 5) is 30.3. The van der Waals surface area contributed by atoms with Gasteiger partial charge in [-0.15, -0.1) is 0 Å². The fraction of sp³-hybridized carbons (Fsp3) is 0.172. The highest BCUT2D eigenvalue weighted by atomic mass is 79.9. The van der Waals surface area contributed by atoms with Gasteiger partial charge in [0.15, 0.2) is 0 Å².